The lowest BCUT2D eigenvalue weighted by atomic mass is 9.91. The van der Waals surface area contributed by atoms with Crippen molar-refractivity contribution in [3.05, 3.63) is 86.0 Å². The van der Waals surface area contributed by atoms with E-state index >= 15 is 0 Å². The zero-order valence-electron chi connectivity index (χ0n) is 16.2. The molecule has 1 atom stereocenters. The molecule has 3 heterocycles. The largest absolute Gasteiger partial charge is 0.325 e. The summed E-state index contributed by atoms with van der Waals surface area (Å²) < 4.78 is 1.39. The average molecular weight is 407 g/mol. The number of rotatable bonds is 4. The van der Waals surface area contributed by atoms with E-state index in [9.17, 15) is 24.5 Å². The minimum Gasteiger partial charge on any atom is -0.319 e. The standard InChI is InChI=1S/C20H17N5O5/c1-12-6-7-16-21-14(9-17(26)23(16)10-12)11-24-18(27)20(2,22-19(24)28)13-4-3-5-15(8-13)25(29)30/h3-10H,11H2,1-2H3,(H,22,28). The van der Waals surface area contributed by atoms with Crippen LogP contribution in [0.5, 0.6) is 0 Å². The maximum Gasteiger partial charge on any atom is 0.325 e. The van der Waals surface area contributed by atoms with Crippen LogP contribution >= 0.6 is 0 Å². The van der Waals surface area contributed by atoms with E-state index in [1.807, 2.05) is 6.92 Å². The number of amides is 3. The van der Waals surface area contributed by atoms with Crippen LogP contribution in [0.2, 0.25) is 0 Å². The summed E-state index contributed by atoms with van der Waals surface area (Å²) in [6, 6.07) is 9.64. The predicted octanol–water partition coefficient (Wildman–Crippen LogP) is 1.88. The van der Waals surface area contributed by atoms with Crippen molar-refractivity contribution in [2.45, 2.75) is 25.9 Å². The predicted molar refractivity (Wildman–Crippen MR) is 106 cm³/mol. The number of non-ortho nitro benzene ring substituents is 1. The molecular weight excluding hydrogens is 390 g/mol. The van der Waals surface area contributed by atoms with Crippen LogP contribution in [0.3, 0.4) is 0 Å². The molecule has 0 radical (unpaired) electrons. The first kappa shape index (κ1) is 19.2. The Balaban J connectivity index is 1.67. The molecule has 1 aromatic carbocycles. The lowest BCUT2D eigenvalue weighted by molar-refractivity contribution is -0.385. The second kappa shape index (κ2) is 6.76. The number of aryl methyl sites for hydroxylation is 1. The monoisotopic (exact) mass is 407 g/mol. The molecule has 1 N–H and O–H groups in total. The lowest BCUT2D eigenvalue weighted by Crippen LogP contribution is -2.40. The summed E-state index contributed by atoms with van der Waals surface area (Å²) in [4.78, 5) is 53.8. The number of hydrogen-bond acceptors (Lipinski definition) is 6. The number of benzene rings is 1. The summed E-state index contributed by atoms with van der Waals surface area (Å²) >= 11 is 0. The smallest absolute Gasteiger partial charge is 0.319 e. The maximum atomic E-state index is 13.1. The molecule has 0 bridgehead atoms. The van der Waals surface area contributed by atoms with E-state index in [-0.39, 0.29) is 23.5 Å². The van der Waals surface area contributed by atoms with Gasteiger partial charge in [0.25, 0.3) is 17.2 Å². The molecule has 2 aromatic heterocycles. The zero-order valence-corrected chi connectivity index (χ0v) is 16.2. The van der Waals surface area contributed by atoms with Gasteiger partial charge in [0, 0.05) is 24.4 Å². The van der Waals surface area contributed by atoms with Crippen LogP contribution in [-0.4, -0.2) is 31.1 Å². The number of hydrogen-bond donors (Lipinski definition) is 1. The highest BCUT2D eigenvalue weighted by Crippen LogP contribution is 2.31. The van der Waals surface area contributed by atoms with Gasteiger partial charge in [0.2, 0.25) is 0 Å². The highest BCUT2D eigenvalue weighted by Gasteiger charge is 2.49. The van der Waals surface area contributed by atoms with E-state index < -0.39 is 22.4 Å². The van der Waals surface area contributed by atoms with Crippen LogP contribution in [-0.2, 0) is 16.9 Å². The summed E-state index contributed by atoms with van der Waals surface area (Å²) in [6.45, 7) is 3.13. The first-order valence-electron chi connectivity index (χ1n) is 9.07. The number of imide groups is 1. The molecule has 1 aliphatic rings. The number of urea groups is 1. The van der Waals surface area contributed by atoms with Crippen molar-refractivity contribution in [3.63, 3.8) is 0 Å². The molecule has 3 aromatic rings. The molecule has 4 rings (SSSR count). The maximum absolute atomic E-state index is 13.1. The minimum atomic E-state index is -1.47. The van der Waals surface area contributed by atoms with Gasteiger partial charge in [-0.25, -0.2) is 9.78 Å². The van der Waals surface area contributed by atoms with Crippen molar-refractivity contribution < 1.29 is 14.5 Å². The molecule has 1 unspecified atom stereocenters. The van der Waals surface area contributed by atoms with Gasteiger partial charge >= 0.3 is 6.03 Å². The quantitative estimate of drug-likeness (QED) is 0.400. The molecule has 152 valence electrons. The van der Waals surface area contributed by atoms with Gasteiger partial charge < -0.3 is 5.32 Å². The Kier molecular flexibility index (Phi) is 4.34. The number of fused-ring (bicyclic) bond motifs is 1. The highest BCUT2D eigenvalue weighted by atomic mass is 16.6. The van der Waals surface area contributed by atoms with Crippen molar-refractivity contribution in [1.82, 2.24) is 19.6 Å². The summed E-state index contributed by atoms with van der Waals surface area (Å²) in [5.74, 6) is -0.584. The zero-order chi connectivity index (χ0) is 21.6. The Morgan fingerprint density at radius 2 is 1.93 bits per heavy atom. The second-order valence-corrected chi connectivity index (χ2v) is 7.27. The molecule has 10 heteroatoms. The first-order valence-corrected chi connectivity index (χ1v) is 9.07. The molecule has 0 saturated carbocycles. The van der Waals surface area contributed by atoms with Gasteiger partial charge in [-0.1, -0.05) is 18.2 Å². The molecule has 0 spiro atoms. The lowest BCUT2D eigenvalue weighted by Gasteiger charge is -2.22. The molecule has 1 fully saturated rings. The number of nitro groups is 1. The molecule has 1 aliphatic heterocycles. The van der Waals surface area contributed by atoms with E-state index in [0.717, 1.165) is 10.5 Å². The molecular formula is C20H17N5O5. The van der Waals surface area contributed by atoms with Crippen LogP contribution in [0.1, 0.15) is 23.7 Å². The average Bonchev–Trinajstić information content (AvgIpc) is 2.93. The third-order valence-electron chi connectivity index (χ3n) is 5.09. The topological polar surface area (TPSA) is 127 Å². The Hall–Kier alpha value is -4.08. The second-order valence-electron chi connectivity index (χ2n) is 7.27. The molecule has 0 aliphatic carbocycles. The summed E-state index contributed by atoms with van der Waals surface area (Å²) in [5, 5.41) is 13.7. The van der Waals surface area contributed by atoms with Crippen molar-refractivity contribution in [2.75, 3.05) is 0 Å². The summed E-state index contributed by atoms with van der Waals surface area (Å²) in [6.07, 6.45) is 1.65. The Morgan fingerprint density at radius 1 is 1.17 bits per heavy atom. The van der Waals surface area contributed by atoms with Crippen LogP contribution in [0, 0.1) is 17.0 Å². The summed E-state index contributed by atoms with van der Waals surface area (Å²) in [7, 11) is 0. The fraction of sp³-hybridized carbons (Fsp3) is 0.200. The van der Waals surface area contributed by atoms with E-state index in [0.29, 0.717) is 11.2 Å². The van der Waals surface area contributed by atoms with Crippen LogP contribution < -0.4 is 10.9 Å². The van der Waals surface area contributed by atoms with E-state index in [1.54, 1.807) is 18.3 Å². The van der Waals surface area contributed by atoms with E-state index in [2.05, 4.69) is 10.3 Å². The molecule has 1 saturated heterocycles. The molecule has 3 amide bonds. The number of aromatic nitrogens is 2. The van der Waals surface area contributed by atoms with Crippen molar-refractivity contribution in [3.8, 4) is 0 Å². The van der Waals surface area contributed by atoms with Gasteiger partial charge in [0.05, 0.1) is 17.2 Å². The van der Waals surface area contributed by atoms with Gasteiger partial charge in [-0.2, -0.15) is 0 Å². The Bertz CT molecular complexity index is 1280. The third-order valence-corrected chi connectivity index (χ3v) is 5.09. The fourth-order valence-corrected chi connectivity index (χ4v) is 3.47. The van der Waals surface area contributed by atoms with E-state index in [1.165, 1.54) is 41.7 Å². The van der Waals surface area contributed by atoms with Crippen molar-refractivity contribution in [2.24, 2.45) is 0 Å². The normalized spacial score (nSPS) is 18.7. The highest BCUT2D eigenvalue weighted by molar-refractivity contribution is 6.07. The van der Waals surface area contributed by atoms with Crippen LogP contribution in [0.25, 0.3) is 5.65 Å². The van der Waals surface area contributed by atoms with Crippen molar-refractivity contribution in [1.29, 1.82) is 0 Å². The van der Waals surface area contributed by atoms with Gasteiger partial charge in [-0.3, -0.25) is 29.0 Å². The number of nitrogens with zero attached hydrogens (tertiary/aromatic N) is 4. The number of carbonyl (C=O) groups excluding carboxylic acids is 2. The Morgan fingerprint density at radius 3 is 2.67 bits per heavy atom. The van der Waals surface area contributed by atoms with Crippen LogP contribution in [0.15, 0.2) is 53.5 Å². The van der Waals surface area contributed by atoms with Crippen LogP contribution in [0.4, 0.5) is 10.5 Å². The van der Waals surface area contributed by atoms with E-state index in [4.69, 9.17) is 0 Å². The molecule has 30 heavy (non-hydrogen) atoms. The number of carbonyl (C=O) groups is 2. The number of nitrogens with one attached hydrogen (secondary N) is 1. The first-order chi connectivity index (χ1) is 14.2. The summed E-state index contributed by atoms with van der Waals surface area (Å²) in [5.41, 5.74) is -0.139. The fourth-order valence-electron chi connectivity index (χ4n) is 3.47. The SMILES string of the molecule is Cc1ccc2nc(CN3C(=O)NC(C)(c4cccc([N+](=O)[O-])c4)C3=O)cc(=O)n2c1. The van der Waals surface area contributed by atoms with Gasteiger partial charge in [0.1, 0.15) is 11.2 Å². The third kappa shape index (κ3) is 3.08. The minimum absolute atomic E-state index is 0.186. The van der Waals surface area contributed by atoms with Gasteiger partial charge in [-0.15, -0.1) is 0 Å². The number of nitro benzene ring substituents is 1. The van der Waals surface area contributed by atoms with Crippen molar-refractivity contribution >= 4 is 23.3 Å². The Labute approximate surface area is 169 Å². The van der Waals surface area contributed by atoms with Gasteiger partial charge in [0.15, 0.2) is 0 Å². The number of pyridine rings is 1. The molecule has 10 nitrogen and oxygen atoms in total. The van der Waals surface area contributed by atoms with Gasteiger partial charge in [-0.05, 0) is 31.0 Å².